The number of benzene rings is 5. The number of hydrogen-bond donors (Lipinski definition) is 0. The highest BCUT2D eigenvalue weighted by molar-refractivity contribution is 5.94. The summed E-state index contributed by atoms with van der Waals surface area (Å²) in [5.74, 6) is -0.227. The fourth-order valence-corrected chi connectivity index (χ4v) is 4.05. The molecular weight excluding hydrogens is 379 g/mol. The highest BCUT2D eigenvalue weighted by Gasteiger charge is 2.14. The van der Waals surface area contributed by atoms with Crippen LogP contribution in [0.1, 0.15) is 0 Å². The molecule has 0 aliphatic rings. The summed E-state index contributed by atoms with van der Waals surface area (Å²) < 4.78 is 13.7. The molecule has 0 nitrogen and oxygen atoms in total. The molecule has 5 rings (SSSR count). The van der Waals surface area contributed by atoms with Crippen molar-refractivity contribution < 1.29 is 4.39 Å². The van der Waals surface area contributed by atoms with Gasteiger partial charge in [-0.05, 0) is 56.6 Å². The van der Waals surface area contributed by atoms with Gasteiger partial charge in [-0.15, -0.1) is 0 Å². The van der Waals surface area contributed by atoms with Crippen molar-refractivity contribution in [1.29, 1.82) is 0 Å². The van der Waals surface area contributed by atoms with E-state index in [2.05, 4.69) is 78.9 Å². The minimum atomic E-state index is -0.227. The van der Waals surface area contributed by atoms with Gasteiger partial charge in [0.2, 0.25) is 0 Å². The van der Waals surface area contributed by atoms with E-state index in [1.165, 1.54) is 23.3 Å². The minimum absolute atomic E-state index is 0.227. The monoisotopic (exact) mass is 400 g/mol. The third-order valence-corrected chi connectivity index (χ3v) is 5.59. The maximum Gasteiger partial charge on any atom is 0.123 e. The summed E-state index contributed by atoms with van der Waals surface area (Å²) >= 11 is 0. The summed E-state index contributed by atoms with van der Waals surface area (Å²) in [6.07, 6.45) is 0. The maximum absolute atomic E-state index is 13.7. The van der Waals surface area contributed by atoms with E-state index >= 15 is 0 Å². The van der Waals surface area contributed by atoms with Crippen molar-refractivity contribution in [3.8, 4) is 44.5 Å². The van der Waals surface area contributed by atoms with Crippen LogP contribution in [0.15, 0.2) is 127 Å². The third-order valence-electron chi connectivity index (χ3n) is 5.59. The van der Waals surface area contributed by atoms with Crippen LogP contribution in [-0.2, 0) is 0 Å². The molecule has 148 valence electrons. The number of rotatable bonds is 4. The molecule has 0 aromatic heterocycles. The Kier molecular flexibility index (Phi) is 5.16. The summed E-state index contributed by atoms with van der Waals surface area (Å²) in [7, 11) is 0. The van der Waals surface area contributed by atoms with E-state index in [1.807, 2.05) is 36.4 Å². The van der Waals surface area contributed by atoms with E-state index in [4.69, 9.17) is 0 Å². The molecule has 5 aromatic carbocycles. The first-order chi connectivity index (χ1) is 15.3. The Morgan fingerprint density at radius 3 is 1.32 bits per heavy atom. The molecule has 0 radical (unpaired) electrons. The van der Waals surface area contributed by atoms with Crippen LogP contribution in [0.4, 0.5) is 4.39 Å². The molecule has 0 unspecified atom stereocenters. The molecule has 5 aromatic rings. The molecule has 0 aliphatic heterocycles. The molecule has 0 aliphatic carbocycles. The first-order valence-corrected chi connectivity index (χ1v) is 10.4. The lowest BCUT2D eigenvalue weighted by Crippen LogP contribution is -1.91. The van der Waals surface area contributed by atoms with E-state index in [9.17, 15) is 4.39 Å². The Balaban J connectivity index is 1.67. The summed E-state index contributed by atoms with van der Waals surface area (Å²) in [4.78, 5) is 0. The molecule has 0 saturated carbocycles. The second-order valence-electron chi connectivity index (χ2n) is 7.54. The molecule has 0 N–H and O–H groups in total. The second-order valence-corrected chi connectivity index (χ2v) is 7.54. The van der Waals surface area contributed by atoms with E-state index < -0.39 is 0 Å². The summed E-state index contributed by atoms with van der Waals surface area (Å²) in [6, 6.07) is 42.5. The van der Waals surface area contributed by atoms with Crippen molar-refractivity contribution in [2.24, 2.45) is 0 Å². The van der Waals surface area contributed by atoms with Crippen molar-refractivity contribution in [1.82, 2.24) is 0 Å². The van der Waals surface area contributed by atoms with Crippen LogP contribution in [0.3, 0.4) is 0 Å². The number of halogens is 1. The van der Waals surface area contributed by atoms with Gasteiger partial charge in [0.25, 0.3) is 0 Å². The van der Waals surface area contributed by atoms with E-state index in [-0.39, 0.29) is 5.82 Å². The molecule has 0 bridgehead atoms. The van der Waals surface area contributed by atoms with Crippen LogP contribution in [0.25, 0.3) is 44.5 Å². The average molecular weight is 400 g/mol. The quantitative estimate of drug-likeness (QED) is 0.284. The summed E-state index contributed by atoms with van der Waals surface area (Å²) in [5, 5.41) is 0. The van der Waals surface area contributed by atoms with Gasteiger partial charge in [-0.1, -0.05) is 115 Å². The lowest BCUT2D eigenvalue weighted by molar-refractivity contribution is 0.628. The molecular formula is C30H21F. The summed E-state index contributed by atoms with van der Waals surface area (Å²) in [5.41, 5.74) is 9.05. The molecule has 0 spiro atoms. The van der Waals surface area contributed by atoms with Crippen LogP contribution >= 0.6 is 0 Å². The molecule has 1 heteroatoms. The van der Waals surface area contributed by atoms with Gasteiger partial charge < -0.3 is 0 Å². The van der Waals surface area contributed by atoms with Crippen molar-refractivity contribution in [2.75, 3.05) is 0 Å². The minimum Gasteiger partial charge on any atom is -0.207 e. The Hall–Kier alpha value is -3.97. The van der Waals surface area contributed by atoms with Gasteiger partial charge in [-0.2, -0.15) is 0 Å². The maximum atomic E-state index is 13.7. The van der Waals surface area contributed by atoms with E-state index in [0.29, 0.717) is 0 Å². The largest absolute Gasteiger partial charge is 0.207 e. The Labute approximate surface area is 182 Å². The zero-order chi connectivity index (χ0) is 21.0. The van der Waals surface area contributed by atoms with Gasteiger partial charge in [0.05, 0.1) is 0 Å². The second kappa shape index (κ2) is 8.41. The zero-order valence-electron chi connectivity index (χ0n) is 17.0. The predicted molar refractivity (Wildman–Crippen MR) is 128 cm³/mol. The van der Waals surface area contributed by atoms with Crippen molar-refractivity contribution >= 4 is 0 Å². The highest BCUT2D eigenvalue weighted by atomic mass is 19.1. The first-order valence-electron chi connectivity index (χ1n) is 10.4. The lowest BCUT2D eigenvalue weighted by atomic mass is 9.87. The molecule has 0 heterocycles. The predicted octanol–water partition coefficient (Wildman–Crippen LogP) is 8.49. The van der Waals surface area contributed by atoms with Gasteiger partial charge in [-0.25, -0.2) is 4.39 Å². The van der Waals surface area contributed by atoms with Gasteiger partial charge >= 0.3 is 0 Å². The SMILES string of the molecule is Fc1ccc(-c2c(-c3ccccc3)cccc2-c2ccc(-c3ccccc3)cc2)cc1. The van der Waals surface area contributed by atoms with Crippen molar-refractivity contribution in [2.45, 2.75) is 0 Å². The molecule has 0 fully saturated rings. The van der Waals surface area contributed by atoms with Crippen LogP contribution in [-0.4, -0.2) is 0 Å². The zero-order valence-corrected chi connectivity index (χ0v) is 17.0. The van der Waals surface area contributed by atoms with Gasteiger partial charge in [0, 0.05) is 0 Å². The average Bonchev–Trinajstić information content (AvgIpc) is 2.85. The Morgan fingerprint density at radius 1 is 0.323 bits per heavy atom. The van der Waals surface area contributed by atoms with Crippen LogP contribution in [0.2, 0.25) is 0 Å². The smallest absolute Gasteiger partial charge is 0.123 e. The molecule has 0 atom stereocenters. The molecule has 0 amide bonds. The fraction of sp³-hybridized carbons (Fsp3) is 0. The van der Waals surface area contributed by atoms with Crippen molar-refractivity contribution in [3.63, 3.8) is 0 Å². The van der Waals surface area contributed by atoms with E-state index in [1.54, 1.807) is 0 Å². The third kappa shape index (κ3) is 3.91. The Morgan fingerprint density at radius 2 is 0.742 bits per heavy atom. The van der Waals surface area contributed by atoms with Gasteiger partial charge in [0.1, 0.15) is 5.82 Å². The highest BCUT2D eigenvalue weighted by Crippen LogP contribution is 2.40. The van der Waals surface area contributed by atoms with Crippen LogP contribution < -0.4 is 0 Å². The van der Waals surface area contributed by atoms with Crippen molar-refractivity contribution in [3.05, 3.63) is 133 Å². The van der Waals surface area contributed by atoms with Gasteiger partial charge in [0.15, 0.2) is 0 Å². The fourth-order valence-electron chi connectivity index (χ4n) is 4.05. The van der Waals surface area contributed by atoms with Crippen LogP contribution in [0.5, 0.6) is 0 Å². The lowest BCUT2D eigenvalue weighted by Gasteiger charge is -2.16. The van der Waals surface area contributed by atoms with Crippen LogP contribution in [0, 0.1) is 5.82 Å². The summed E-state index contributed by atoms with van der Waals surface area (Å²) in [6.45, 7) is 0. The molecule has 0 saturated heterocycles. The normalized spacial score (nSPS) is 10.7. The van der Waals surface area contributed by atoms with Gasteiger partial charge in [-0.3, -0.25) is 0 Å². The van der Waals surface area contributed by atoms with E-state index in [0.717, 1.165) is 33.4 Å². The topological polar surface area (TPSA) is 0 Å². The first kappa shape index (κ1) is 19.0. The Bertz CT molecular complexity index is 1290. The standard InChI is InChI=1S/C30H21F/c31-27-20-18-26(19-21-27)30-28(24-10-5-2-6-11-24)12-7-13-29(30)25-16-14-23(15-17-25)22-8-3-1-4-9-22/h1-21H. The number of hydrogen-bond acceptors (Lipinski definition) is 0. The molecule has 31 heavy (non-hydrogen) atoms.